The molecule has 134 valence electrons. The van der Waals surface area contributed by atoms with Crippen molar-refractivity contribution in [2.24, 2.45) is 0 Å². The Morgan fingerprint density at radius 2 is 1.76 bits per heavy atom. The molecule has 25 heavy (non-hydrogen) atoms. The normalized spacial score (nSPS) is 21.6. The minimum Gasteiger partial charge on any atom is -0.372 e. The van der Waals surface area contributed by atoms with Crippen molar-refractivity contribution in [3.63, 3.8) is 0 Å². The number of nitrogens with zero attached hydrogens (tertiary/aromatic N) is 2. The molecular formula is C21H28N2OS. The van der Waals surface area contributed by atoms with Crippen molar-refractivity contribution in [2.45, 2.75) is 38.5 Å². The quantitative estimate of drug-likeness (QED) is 0.826. The summed E-state index contributed by atoms with van der Waals surface area (Å²) in [7, 11) is 0. The molecule has 4 heteroatoms. The molecule has 1 spiro atoms. The summed E-state index contributed by atoms with van der Waals surface area (Å²) in [6.07, 6.45) is 2.31. The van der Waals surface area contributed by atoms with Gasteiger partial charge in [0.1, 0.15) is 0 Å². The highest BCUT2D eigenvalue weighted by Crippen LogP contribution is 2.31. The van der Waals surface area contributed by atoms with Crippen LogP contribution in [0.2, 0.25) is 0 Å². The third kappa shape index (κ3) is 4.32. The first-order valence-corrected chi connectivity index (χ1v) is 10.2. The maximum Gasteiger partial charge on any atom is 0.0833 e. The van der Waals surface area contributed by atoms with E-state index in [4.69, 9.17) is 4.74 Å². The van der Waals surface area contributed by atoms with E-state index in [0.717, 1.165) is 58.7 Å². The Labute approximate surface area is 155 Å². The van der Waals surface area contributed by atoms with E-state index in [1.807, 2.05) is 11.3 Å². The van der Waals surface area contributed by atoms with Gasteiger partial charge in [0.05, 0.1) is 12.2 Å². The van der Waals surface area contributed by atoms with Gasteiger partial charge in [0.15, 0.2) is 0 Å². The number of ether oxygens (including phenoxy) is 1. The number of aryl methyl sites for hydroxylation is 1. The van der Waals surface area contributed by atoms with Gasteiger partial charge in [0.2, 0.25) is 0 Å². The number of piperidine rings is 1. The molecule has 2 aliphatic heterocycles. The Hall–Kier alpha value is -1.20. The zero-order chi connectivity index (χ0) is 17.1. The van der Waals surface area contributed by atoms with Crippen LogP contribution >= 0.6 is 11.3 Å². The number of thiophene rings is 1. The monoisotopic (exact) mass is 356 g/mol. The molecule has 4 rings (SSSR count). The van der Waals surface area contributed by atoms with Crippen LogP contribution in [0.3, 0.4) is 0 Å². The largest absolute Gasteiger partial charge is 0.372 e. The van der Waals surface area contributed by atoms with Gasteiger partial charge >= 0.3 is 0 Å². The predicted molar refractivity (Wildman–Crippen MR) is 104 cm³/mol. The number of hydrogen-bond donors (Lipinski definition) is 0. The van der Waals surface area contributed by atoms with Crippen LogP contribution in [0.15, 0.2) is 42.5 Å². The maximum atomic E-state index is 6.31. The zero-order valence-electron chi connectivity index (χ0n) is 15.1. The Kier molecular flexibility index (Phi) is 5.23. The van der Waals surface area contributed by atoms with Gasteiger partial charge in [-0.25, -0.2) is 0 Å². The Morgan fingerprint density at radius 3 is 2.48 bits per heavy atom. The van der Waals surface area contributed by atoms with Gasteiger partial charge < -0.3 is 4.74 Å². The molecule has 0 radical (unpaired) electrons. The van der Waals surface area contributed by atoms with E-state index < -0.39 is 0 Å². The molecule has 1 aromatic heterocycles. The van der Waals surface area contributed by atoms with Gasteiger partial charge in [0, 0.05) is 49.0 Å². The predicted octanol–water partition coefficient (Wildman–Crippen LogP) is 3.92. The fourth-order valence-corrected chi connectivity index (χ4v) is 5.04. The van der Waals surface area contributed by atoms with Crippen molar-refractivity contribution in [1.82, 2.24) is 9.80 Å². The number of benzene rings is 1. The third-order valence-corrected chi connectivity index (χ3v) is 6.50. The van der Waals surface area contributed by atoms with Gasteiger partial charge in [-0.15, -0.1) is 11.3 Å². The van der Waals surface area contributed by atoms with Gasteiger partial charge in [-0.1, -0.05) is 30.3 Å². The maximum absolute atomic E-state index is 6.31. The minimum atomic E-state index is 0.0783. The summed E-state index contributed by atoms with van der Waals surface area (Å²) in [6, 6.07) is 15.3. The summed E-state index contributed by atoms with van der Waals surface area (Å²) in [5.41, 5.74) is 1.49. The van der Waals surface area contributed by atoms with Crippen molar-refractivity contribution in [2.75, 3.05) is 32.8 Å². The summed E-state index contributed by atoms with van der Waals surface area (Å²) in [5, 5.41) is 0. The van der Waals surface area contributed by atoms with Crippen molar-refractivity contribution < 1.29 is 4.74 Å². The smallest absolute Gasteiger partial charge is 0.0833 e. The summed E-state index contributed by atoms with van der Waals surface area (Å²) >= 11 is 1.93. The van der Waals surface area contributed by atoms with Crippen LogP contribution in [0.1, 0.15) is 28.2 Å². The third-order valence-electron chi connectivity index (χ3n) is 5.52. The lowest BCUT2D eigenvalue weighted by atomic mass is 9.89. The lowest BCUT2D eigenvalue weighted by Crippen LogP contribution is -2.56. The molecule has 3 heterocycles. The van der Waals surface area contributed by atoms with Crippen LogP contribution in [-0.2, 0) is 17.8 Å². The first-order chi connectivity index (χ1) is 12.2. The second kappa shape index (κ2) is 7.58. The second-order valence-corrected chi connectivity index (χ2v) is 8.89. The van der Waals surface area contributed by atoms with Crippen LogP contribution < -0.4 is 0 Å². The van der Waals surface area contributed by atoms with Crippen LogP contribution in [-0.4, -0.2) is 48.2 Å². The molecule has 0 bridgehead atoms. The van der Waals surface area contributed by atoms with E-state index in [1.54, 1.807) is 0 Å². The number of likely N-dealkylation sites (tertiary alicyclic amines) is 1. The van der Waals surface area contributed by atoms with Gasteiger partial charge in [-0.05, 0) is 37.5 Å². The van der Waals surface area contributed by atoms with E-state index in [0.29, 0.717) is 0 Å². The van der Waals surface area contributed by atoms with Crippen molar-refractivity contribution in [3.8, 4) is 0 Å². The van der Waals surface area contributed by atoms with E-state index in [1.165, 1.54) is 15.3 Å². The number of morpholine rings is 1. The Bertz CT molecular complexity index is 676. The molecule has 0 amide bonds. The molecule has 3 nitrogen and oxygen atoms in total. The molecule has 1 aromatic carbocycles. The van der Waals surface area contributed by atoms with Crippen molar-refractivity contribution >= 4 is 11.3 Å². The average Bonchev–Trinajstić information content (AvgIpc) is 3.03. The molecule has 2 saturated heterocycles. The highest BCUT2D eigenvalue weighted by atomic mass is 32.1. The summed E-state index contributed by atoms with van der Waals surface area (Å²) in [6.45, 7) is 9.63. The van der Waals surface area contributed by atoms with E-state index in [9.17, 15) is 0 Å². The molecule has 0 aliphatic carbocycles. The molecule has 2 aromatic rings. The van der Waals surface area contributed by atoms with E-state index in [-0.39, 0.29) is 5.60 Å². The lowest BCUT2D eigenvalue weighted by Gasteiger charge is -2.47. The summed E-state index contributed by atoms with van der Waals surface area (Å²) in [4.78, 5) is 8.08. The molecule has 0 saturated carbocycles. The SMILES string of the molecule is Cc1ccc(CN2CCC3(CC2)CN(Cc2ccccc2)CCO3)s1. The summed E-state index contributed by atoms with van der Waals surface area (Å²) in [5.74, 6) is 0. The Morgan fingerprint density at radius 1 is 0.960 bits per heavy atom. The molecule has 0 unspecified atom stereocenters. The fraction of sp³-hybridized carbons (Fsp3) is 0.524. The average molecular weight is 357 g/mol. The number of rotatable bonds is 4. The van der Waals surface area contributed by atoms with Crippen LogP contribution in [0.5, 0.6) is 0 Å². The standard InChI is InChI=1S/C21H28N2OS/c1-18-7-8-20(25-18)16-22-11-9-21(10-12-22)17-23(13-14-24-21)15-19-5-3-2-4-6-19/h2-8H,9-17H2,1H3. The minimum absolute atomic E-state index is 0.0783. The van der Waals surface area contributed by atoms with Gasteiger partial charge in [-0.3, -0.25) is 9.80 Å². The molecular weight excluding hydrogens is 328 g/mol. The fourth-order valence-electron chi connectivity index (χ4n) is 4.11. The lowest BCUT2D eigenvalue weighted by molar-refractivity contribution is -0.138. The second-order valence-electron chi connectivity index (χ2n) is 7.52. The Balaban J connectivity index is 1.32. The van der Waals surface area contributed by atoms with E-state index >= 15 is 0 Å². The molecule has 2 aliphatic rings. The highest BCUT2D eigenvalue weighted by molar-refractivity contribution is 7.11. The molecule has 0 N–H and O–H groups in total. The van der Waals surface area contributed by atoms with Crippen molar-refractivity contribution in [3.05, 3.63) is 57.8 Å². The molecule has 0 atom stereocenters. The highest BCUT2D eigenvalue weighted by Gasteiger charge is 2.39. The zero-order valence-corrected chi connectivity index (χ0v) is 15.9. The van der Waals surface area contributed by atoms with Crippen LogP contribution in [0.25, 0.3) is 0 Å². The van der Waals surface area contributed by atoms with Crippen molar-refractivity contribution in [1.29, 1.82) is 0 Å². The van der Waals surface area contributed by atoms with Gasteiger partial charge in [0.25, 0.3) is 0 Å². The topological polar surface area (TPSA) is 15.7 Å². The van der Waals surface area contributed by atoms with E-state index in [2.05, 4.69) is 59.2 Å². The number of hydrogen-bond acceptors (Lipinski definition) is 4. The molecule has 2 fully saturated rings. The first-order valence-electron chi connectivity index (χ1n) is 9.39. The van der Waals surface area contributed by atoms with Crippen LogP contribution in [0.4, 0.5) is 0 Å². The van der Waals surface area contributed by atoms with Gasteiger partial charge in [-0.2, -0.15) is 0 Å². The summed E-state index contributed by atoms with van der Waals surface area (Å²) < 4.78 is 6.31. The first kappa shape index (κ1) is 17.2. The van der Waals surface area contributed by atoms with Crippen LogP contribution in [0, 0.1) is 6.92 Å².